The van der Waals surface area contributed by atoms with Gasteiger partial charge in [0.1, 0.15) is 0 Å². The average molecular weight is 352 g/mol. The molecule has 0 bridgehead atoms. The van der Waals surface area contributed by atoms with E-state index in [4.69, 9.17) is 0 Å². The third-order valence-electron chi connectivity index (χ3n) is 5.29. The standard InChI is InChI=1S/C18H22F2N2O3/c19-13-4-2-12(10-14(13)20)3-5-16(24)22-9-6-15(23)18(11-22)7-1-8-21-17(18)25/h2,4,10,15,23H,1,3,5-9,11H2,(H,21,25)/t15-,18-/m1/s1. The van der Waals surface area contributed by atoms with Crippen molar-refractivity contribution in [3.05, 3.63) is 35.4 Å². The highest BCUT2D eigenvalue weighted by molar-refractivity contribution is 5.86. The number of likely N-dealkylation sites (tertiary alicyclic amines) is 1. The summed E-state index contributed by atoms with van der Waals surface area (Å²) < 4.78 is 26.2. The lowest BCUT2D eigenvalue weighted by molar-refractivity contribution is -0.154. The zero-order valence-electron chi connectivity index (χ0n) is 13.9. The van der Waals surface area contributed by atoms with Crippen molar-refractivity contribution in [2.24, 2.45) is 5.41 Å². The molecule has 0 aromatic heterocycles. The number of aryl methyl sites for hydroxylation is 1. The largest absolute Gasteiger partial charge is 0.392 e. The highest BCUT2D eigenvalue weighted by Gasteiger charge is 2.50. The third kappa shape index (κ3) is 3.51. The van der Waals surface area contributed by atoms with Crippen LogP contribution in [0.15, 0.2) is 18.2 Å². The van der Waals surface area contributed by atoms with Crippen LogP contribution in [0.3, 0.4) is 0 Å². The molecule has 2 N–H and O–H groups in total. The predicted octanol–water partition coefficient (Wildman–Crippen LogP) is 1.39. The van der Waals surface area contributed by atoms with E-state index in [1.807, 2.05) is 0 Å². The fourth-order valence-electron chi connectivity index (χ4n) is 3.76. The lowest BCUT2D eigenvalue weighted by atomic mass is 9.71. The van der Waals surface area contributed by atoms with Gasteiger partial charge in [-0.3, -0.25) is 9.59 Å². The Kier molecular flexibility index (Phi) is 5.03. The Labute approximate surface area is 145 Å². The number of piperidine rings is 2. The molecule has 7 heteroatoms. The molecule has 2 saturated heterocycles. The van der Waals surface area contributed by atoms with E-state index in [1.54, 1.807) is 4.90 Å². The highest BCUT2D eigenvalue weighted by atomic mass is 19.2. The Balaban J connectivity index is 1.64. The number of benzene rings is 1. The summed E-state index contributed by atoms with van der Waals surface area (Å²) in [5, 5.41) is 13.1. The summed E-state index contributed by atoms with van der Waals surface area (Å²) in [5.74, 6) is -2.17. The zero-order chi connectivity index (χ0) is 18.0. The van der Waals surface area contributed by atoms with E-state index in [1.165, 1.54) is 6.07 Å². The van der Waals surface area contributed by atoms with Gasteiger partial charge in [-0.25, -0.2) is 8.78 Å². The van der Waals surface area contributed by atoms with Gasteiger partial charge in [0, 0.05) is 26.1 Å². The first-order chi connectivity index (χ1) is 11.9. The predicted molar refractivity (Wildman–Crippen MR) is 86.6 cm³/mol. The lowest BCUT2D eigenvalue weighted by Crippen LogP contribution is -2.62. The summed E-state index contributed by atoms with van der Waals surface area (Å²) in [7, 11) is 0. The molecule has 0 radical (unpaired) electrons. The number of nitrogens with zero attached hydrogens (tertiary/aromatic N) is 1. The normalized spacial score (nSPS) is 26.6. The van der Waals surface area contributed by atoms with Gasteiger partial charge >= 0.3 is 0 Å². The van der Waals surface area contributed by atoms with Crippen LogP contribution in [-0.4, -0.2) is 47.6 Å². The monoisotopic (exact) mass is 352 g/mol. The minimum Gasteiger partial charge on any atom is -0.392 e. The minimum atomic E-state index is -0.927. The molecule has 0 saturated carbocycles. The Bertz CT molecular complexity index is 682. The minimum absolute atomic E-state index is 0.144. The average Bonchev–Trinajstić information content (AvgIpc) is 2.60. The summed E-state index contributed by atoms with van der Waals surface area (Å²) in [5.41, 5.74) is -0.372. The van der Waals surface area contributed by atoms with E-state index in [-0.39, 0.29) is 24.8 Å². The maximum absolute atomic E-state index is 13.2. The molecule has 25 heavy (non-hydrogen) atoms. The Morgan fingerprint density at radius 3 is 2.88 bits per heavy atom. The molecule has 2 fully saturated rings. The molecule has 3 rings (SSSR count). The van der Waals surface area contributed by atoms with Crippen LogP contribution in [0.4, 0.5) is 8.78 Å². The van der Waals surface area contributed by atoms with E-state index in [9.17, 15) is 23.5 Å². The zero-order valence-corrected chi connectivity index (χ0v) is 13.9. The first kappa shape index (κ1) is 17.8. The Morgan fingerprint density at radius 2 is 2.16 bits per heavy atom. The number of rotatable bonds is 3. The molecule has 1 aromatic carbocycles. The summed E-state index contributed by atoms with van der Waals surface area (Å²) in [6.45, 7) is 1.20. The third-order valence-corrected chi connectivity index (χ3v) is 5.29. The second-order valence-electron chi connectivity index (χ2n) is 6.88. The van der Waals surface area contributed by atoms with Crippen LogP contribution in [-0.2, 0) is 16.0 Å². The lowest BCUT2D eigenvalue weighted by Gasteiger charge is -2.46. The summed E-state index contributed by atoms with van der Waals surface area (Å²) in [4.78, 5) is 26.4. The van der Waals surface area contributed by atoms with Gasteiger partial charge in [0.25, 0.3) is 0 Å². The SMILES string of the molecule is O=C(CCc1ccc(F)c(F)c1)N1CC[C@@H](O)[C@@]2(CCCNC2=O)C1. The Morgan fingerprint density at radius 1 is 1.36 bits per heavy atom. The van der Waals surface area contributed by atoms with E-state index >= 15 is 0 Å². The smallest absolute Gasteiger partial charge is 0.230 e. The molecular weight excluding hydrogens is 330 g/mol. The number of aliphatic hydroxyl groups excluding tert-OH is 1. The number of hydrogen-bond acceptors (Lipinski definition) is 3. The van der Waals surface area contributed by atoms with Gasteiger partial charge in [0.2, 0.25) is 11.8 Å². The van der Waals surface area contributed by atoms with Gasteiger partial charge < -0.3 is 15.3 Å². The second kappa shape index (κ2) is 7.07. The molecule has 136 valence electrons. The van der Waals surface area contributed by atoms with Gasteiger partial charge in [0.05, 0.1) is 11.5 Å². The number of halogens is 2. The molecule has 0 aliphatic carbocycles. The van der Waals surface area contributed by atoms with Crippen molar-refractivity contribution in [2.75, 3.05) is 19.6 Å². The van der Waals surface area contributed by atoms with Crippen molar-refractivity contribution in [3.8, 4) is 0 Å². The number of amides is 2. The van der Waals surface area contributed by atoms with Gasteiger partial charge in [-0.1, -0.05) is 6.07 Å². The molecule has 2 atom stereocenters. The van der Waals surface area contributed by atoms with Crippen LogP contribution in [0.2, 0.25) is 0 Å². The van der Waals surface area contributed by atoms with Crippen molar-refractivity contribution in [3.63, 3.8) is 0 Å². The topological polar surface area (TPSA) is 69.6 Å². The van der Waals surface area contributed by atoms with Crippen LogP contribution >= 0.6 is 0 Å². The quantitative estimate of drug-likeness (QED) is 0.864. The van der Waals surface area contributed by atoms with E-state index in [0.717, 1.165) is 18.6 Å². The van der Waals surface area contributed by atoms with Crippen LogP contribution in [0.5, 0.6) is 0 Å². The number of carbonyl (C=O) groups is 2. The molecular formula is C18H22F2N2O3. The fourth-order valence-corrected chi connectivity index (χ4v) is 3.76. The molecule has 2 heterocycles. The van der Waals surface area contributed by atoms with Gasteiger partial charge in [-0.2, -0.15) is 0 Å². The number of hydrogen-bond donors (Lipinski definition) is 2. The Hall–Kier alpha value is -2.02. The van der Waals surface area contributed by atoms with E-state index in [2.05, 4.69) is 5.32 Å². The fraction of sp³-hybridized carbons (Fsp3) is 0.556. The van der Waals surface area contributed by atoms with Crippen LogP contribution < -0.4 is 5.32 Å². The van der Waals surface area contributed by atoms with Crippen molar-refractivity contribution in [1.82, 2.24) is 10.2 Å². The first-order valence-electron chi connectivity index (χ1n) is 8.60. The van der Waals surface area contributed by atoms with Gasteiger partial charge in [0.15, 0.2) is 11.6 Å². The maximum atomic E-state index is 13.2. The van der Waals surface area contributed by atoms with Crippen molar-refractivity contribution >= 4 is 11.8 Å². The van der Waals surface area contributed by atoms with Crippen LogP contribution in [0, 0.1) is 17.0 Å². The maximum Gasteiger partial charge on any atom is 0.230 e. The van der Waals surface area contributed by atoms with Crippen molar-refractivity contribution in [1.29, 1.82) is 0 Å². The van der Waals surface area contributed by atoms with E-state index < -0.39 is 23.2 Å². The molecule has 0 unspecified atom stereocenters. The molecule has 2 aliphatic rings. The van der Waals surface area contributed by atoms with Crippen LogP contribution in [0.1, 0.15) is 31.2 Å². The summed E-state index contributed by atoms with van der Waals surface area (Å²) >= 11 is 0. The van der Waals surface area contributed by atoms with Crippen molar-refractivity contribution < 1.29 is 23.5 Å². The molecule has 2 amide bonds. The number of carbonyl (C=O) groups excluding carboxylic acids is 2. The molecule has 5 nitrogen and oxygen atoms in total. The first-order valence-corrected chi connectivity index (χ1v) is 8.60. The van der Waals surface area contributed by atoms with Crippen LogP contribution in [0.25, 0.3) is 0 Å². The second-order valence-corrected chi connectivity index (χ2v) is 6.88. The summed E-state index contributed by atoms with van der Waals surface area (Å²) in [6.07, 6.45) is 1.41. The number of nitrogens with one attached hydrogen (secondary N) is 1. The summed E-state index contributed by atoms with van der Waals surface area (Å²) in [6, 6.07) is 3.61. The molecule has 1 spiro atoms. The molecule has 1 aromatic rings. The van der Waals surface area contributed by atoms with E-state index in [0.29, 0.717) is 37.9 Å². The highest BCUT2D eigenvalue weighted by Crippen LogP contribution is 2.37. The van der Waals surface area contributed by atoms with Crippen molar-refractivity contribution in [2.45, 2.75) is 38.2 Å². The van der Waals surface area contributed by atoms with Gasteiger partial charge in [-0.05, 0) is 43.4 Å². The van der Waals surface area contributed by atoms with Gasteiger partial charge in [-0.15, -0.1) is 0 Å². The molecule has 2 aliphatic heterocycles. The number of aliphatic hydroxyl groups is 1.